The van der Waals surface area contributed by atoms with E-state index in [2.05, 4.69) is 60.0 Å². The number of aryl methyl sites for hydroxylation is 2. The lowest BCUT2D eigenvalue weighted by atomic mass is 9.91. The summed E-state index contributed by atoms with van der Waals surface area (Å²) in [5.74, 6) is 0.171. The summed E-state index contributed by atoms with van der Waals surface area (Å²) in [4.78, 5) is 17.0. The van der Waals surface area contributed by atoms with Crippen LogP contribution in [0.3, 0.4) is 0 Å². The summed E-state index contributed by atoms with van der Waals surface area (Å²) >= 11 is 0. The van der Waals surface area contributed by atoms with Crippen molar-refractivity contribution in [3.63, 3.8) is 0 Å². The van der Waals surface area contributed by atoms with Gasteiger partial charge in [-0.25, -0.2) is 0 Å². The Morgan fingerprint density at radius 1 is 0.960 bits per heavy atom. The zero-order valence-electron chi connectivity index (χ0n) is 15.8. The normalized spacial score (nSPS) is 15.4. The van der Waals surface area contributed by atoms with E-state index in [1.165, 1.54) is 16.8 Å². The Bertz CT molecular complexity index is 759. The molecule has 3 rings (SSSR count). The van der Waals surface area contributed by atoms with Crippen LogP contribution in [-0.4, -0.2) is 36.9 Å². The number of benzene rings is 2. The van der Waals surface area contributed by atoms with Gasteiger partial charge in [-0.05, 0) is 62.1 Å². The van der Waals surface area contributed by atoms with Crippen molar-refractivity contribution < 1.29 is 4.79 Å². The molecule has 1 heterocycles. The maximum absolute atomic E-state index is 12.0. The second-order valence-electron chi connectivity index (χ2n) is 7.14. The third kappa shape index (κ3) is 3.77. The average molecular weight is 336 g/mol. The SMILES string of the molecule is CC(=O)c1c(C)cc(C)c(CN2CCN(c3ccccc3)CC2)c1C. The van der Waals surface area contributed by atoms with Gasteiger partial charge in [-0.15, -0.1) is 0 Å². The molecule has 0 radical (unpaired) electrons. The number of hydrogen-bond acceptors (Lipinski definition) is 3. The Morgan fingerprint density at radius 3 is 2.20 bits per heavy atom. The number of para-hydroxylation sites is 1. The Hall–Kier alpha value is -2.13. The van der Waals surface area contributed by atoms with Gasteiger partial charge in [-0.1, -0.05) is 24.3 Å². The van der Waals surface area contributed by atoms with E-state index in [0.29, 0.717) is 0 Å². The van der Waals surface area contributed by atoms with Crippen LogP contribution in [0.15, 0.2) is 36.4 Å². The first-order valence-corrected chi connectivity index (χ1v) is 9.10. The topological polar surface area (TPSA) is 23.6 Å². The molecule has 0 bridgehead atoms. The largest absolute Gasteiger partial charge is 0.369 e. The van der Waals surface area contributed by atoms with Gasteiger partial charge in [0, 0.05) is 44.0 Å². The van der Waals surface area contributed by atoms with Gasteiger partial charge in [0.05, 0.1) is 0 Å². The van der Waals surface area contributed by atoms with Crippen LogP contribution >= 0.6 is 0 Å². The number of carbonyl (C=O) groups is 1. The summed E-state index contributed by atoms with van der Waals surface area (Å²) < 4.78 is 0. The standard InChI is InChI=1S/C22H28N2O/c1-16-14-17(2)22(19(4)25)18(3)21(16)15-23-10-12-24(13-11-23)20-8-6-5-7-9-20/h5-9,14H,10-13,15H2,1-4H3. The maximum atomic E-state index is 12.0. The van der Waals surface area contributed by atoms with Gasteiger partial charge >= 0.3 is 0 Å². The molecule has 1 aliphatic heterocycles. The first-order chi connectivity index (χ1) is 12.0. The van der Waals surface area contributed by atoms with Crippen LogP contribution in [-0.2, 0) is 6.54 Å². The van der Waals surface area contributed by atoms with Crippen molar-refractivity contribution in [1.82, 2.24) is 4.90 Å². The van der Waals surface area contributed by atoms with Crippen molar-refractivity contribution in [3.8, 4) is 0 Å². The van der Waals surface area contributed by atoms with Crippen LogP contribution in [0.25, 0.3) is 0 Å². The van der Waals surface area contributed by atoms with E-state index >= 15 is 0 Å². The summed E-state index contributed by atoms with van der Waals surface area (Å²) in [6.07, 6.45) is 0. The average Bonchev–Trinajstić information content (AvgIpc) is 2.59. The van der Waals surface area contributed by atoms with Crippen molar-refractivity contribution in [2.75, 3.05) is 31.1 Å². The van der Waals surface area contributed by atoms with E-state index in [9.17, 15) is 4.79 Å². The van der Waals surface area contributed by atoms with E-state index in [1.807, 2.05) is 6.92 Å². The predicted octanol–water partition coefficient (Wildman–Crippen LogP) is 4.14. The van der Waals surface area contributed by atoms with Crippen molar-refractivity contribution in [2.45, 2.75) is 34.2 Å². The molecule has 0 unspecified atom stereocenters. The van der Waals surface area contributed by atoms with Gasteiger partial charge in [-0.2, -0.15) is 0 Å². The monoisotopic (exact) mass is 336 g/mol. The fourth-order valence-electron chi connectivity index (χ4n) is 4.04. The van der Waals surface area contributed by atoms with Gasteiger partial charge in [-0.3, -0.25) is 9.69 Å². The van der Waals surface area contributed by atoms with E-state index in [-0.39, 0.29) is 5.78 Å². The molecule has 0 spiro atoms. The van der Waals surface area contributed by atoms with E-state index in [0.717, 1.165) is 49.4 Å². The predicted molar refractivity (Wildman–Crippen MR) is 105 cm³/mol. The molecular weight excluding hydrogens is 308 g/mol. The Balaban J connectivity index is 1.72. The molecule has 3 nitrogen and oxygen atoms in total. The number of ketones is 1. The first kappa shape index (κ1) is 17.7. The molecule has 0 N–H and O–H groups in total. The highest BCUT2D eigenvalue weighted by Crippen LogP contribution is 2.25. The summed E-state index contributed by atoms with van der Waals surface area (Å²) in [5.41, 5.74) is 7.09. The van der Waals surface area contributed by atoms with Gasteiger partial charge in [0.15, 0.2) is 5.78 Å². The highest BCUT2D eigenvalue weighted by atomic mass is 16.1. The maximum Gasteiger partial charge on any atom is 0.160 e. The second-order valence-corrected chi connectivity index (χ2v) is 7.14. The minimum absolute atomic E-state index is 0.171. The molecule has 0 saturated carbocycles. The highest BCUT2D eigenvalue weighted by molar-refractivity contribution is 5.97. The zero-order valence-corrected chi connectivity index (χ0v) is 15.8. The summed E-state index contributed by atoms with van der Waals surface area (Å²) in [6.45, 7) is 13.1. The third-order valence-electron chi connectivity index (χ3n) is 5.36. The van der Waals surface area contributed by atoms with Crippen molar-refractivity contribution in [2.24, 2.45) is 0 Å². The minimum atomic E-state index is 0.171. The quantitative estimate of drug-likeness (QED) is 0.784. The number of carbonyl (C=O) groups excluding carboxylic acids is 1. The van der Waals surface area contributed by atoms with Crippen molar-refractivity contribution in [3.05, 3.63) is 64.2 Å². The molecule has 25 heavy (non-hydrogen) atoms. The molecule has 2 aromatic carbocycles. The summed E-state index contributed by atoms with van der Waals surface area (Å²) in [5, 5.41) is 0. The third-order valence-corrected chi connectivity index (χ3v) is 5.36. The van der Waals surface area contributed by atoms with E-state index in [1.54, 1.807) is 6.92 Å². The van der Waals surface area contributed by atoms with Crippen LogP contribution in [0.5, 0.6) is 0 Å². The number of rotatable bonds is 4. The van der Waals surface area contributed by atoms with Crippen molar-refractivity contribution in [1.29, 1.82) is 0 Å². The van der Waals surface area contributed by atoms with E-state index in [4.69, 9.17) is 0 Å². The highest BCUT2D eigenvalue weighted by Gasteiger charge is 2.20. The van der Waals surface area contributed by atoms with Crippen LogP contribution in [0.1, 0.15) is 39.5 Å². The van der Waals surface area contributed by atoms with Crippen LogP contribution < -0.4 is 4.90 Å². The Morgan fingerprint density at radius 2 is 1.60 bits per heavy atom. The minimum Gasteiger partial charge on any atom is -0.369 e. The molecular formula is C22H28N2O. The molecule has 1 aliphatic rings. The fourth-order valence-corrected chi connectivity index (χ4v) is 4.04. The van der Waals surface area contributed by atoms with Crippen LogP contribution in [0.4, 0.5) is 5.69 Å². The lowest BCUT2D eigenvalue weighted by Gasteiger charge is -2.36. The van der Waals surface area contributed by atoms with Gasteiger partial charge < -0.3 is 4.90 Å². The number of piperazine rings is 1. The second kappa shape index (κ2) is 7.40. The molecule has 0 atom stereocenters. The Kier molecular flexibility index (Phi) is 5.24. The number of Topliss-reactive ketones (excluding diaryl/α,β-unsaturated/α-hetero) is 1. The zero-order chi connectivity index (χ0) is 18.0. The van der Waals surface area contributed by atoms with E-state index < -0.39 is 0 Å². The summed E-state index contributed by atoms with van der Waals surface area (Å²) in [6, 6.07) is 12.8. The lowest BCUT2D eigenvalue weighted by molar-refractivity contribution is 0.101. The number of anilines is 1. The summed E-state index contributed by atoms with van der Waals surface area (Å²) in [7, 11) is 0. The molecule has 0 amide bonds. The molecule has 2 aromatic rings. The lowest BCUT2D eigenvalue weighted by Crippen LogP contribution is -2.46. The molecule has 0 aromatic heterocycles. The van der Waals surface area contributed by atoms with Gasteiger partial charge in [0.2, 0.25) is 0 Å². The first-order valence-electron chi connectivity index (χ1n) is 9.10. The molecule has 1 fully saturated rings. The molecule has 3 heteroatoms. The molecule has 1 saturated heterocycles. The molecule has 132 valence electrons. The van der Waals surface area contributed by atoms with Crippen molar-refractivity contribution >= 4 is 11.5 Å². The fraction of sp³-hybridized carbons (Fsp3) is 0.409. The van der Waals surface area contributed by atoms with Gasteiger partial charge in [0.25, 0.3) is 0 Å². The number of hydrogen-bond donors (Lipinski definition) is 0. The van der Waals surface area contributed by atoms with Crippen LogP contribution in [0.2, 0.25) is 0 Å². The van der Waals surface area contributed by atoms with Crippen LogP contribution in [0, 0.1) is 20.8 Å². The smallest absolute Gasteiger partial charge is 0.160 e. The number of nitrogens with zero attached hydrogens (tertiary/aromatic N) is 2. The molecule has 0 aliphatic carbocycles. The Labute approximate surface area is 151 Å². The van der Waals surface area contributed by atoms with Gasteiger partial charge in [0.1, 0.15) is 0 Å².